The maximum absolute atomic E-state index is 12.5. The van der Waals surface area contributed by atoms with Crippen LogP contribution in [0.2, 0.25) is 0 Å². The number of carbonyl (C=O) groups excluding carboxylic acids is 1. The highest BCUT2D eigenvalue weighted by Gasteiger charge is 2.47. The number of amides is 2. The minimum Gasteiger partial charge on any atom is -0.493 e. The molecule has 0 aromatic heterocycles. The Morgan fingerprint density at radius 3 is 2.87 bits per heavy atom. The Balaban J connectivity index is 1.41. The maximum atomic E-state index is 12.5. The minimum atomic E-state index is -0.122. The van der Waals surface area contributed by atoms with E-state index in [9.17, 15) is 9.90 Å². The molecule has 0 spiro atoms. The van der Waals surface area contributed by atoms with Gasteiger partial charge in [-0.1, -0.05) is 18.2 Å². The molecule has 2 saturated carbocycles. The number of aliphatic hydroxyl groups is 1. The smallest absolute Gasteiger partial charge is 0.315 e. The quantitative estimate of drug-likeness (QED) is 0.801. The van der Waals surface area contributed by atoms with Gasteiger partial charge in [-0.3, -0.25) is 0 Å². The summed E-state index contributed by atoms with van der Waals surface area (Å²) in [7, 11) is 0. The van der Waals surface area contributed by atoms with Crippen molar-refractivity contribution in [3.05, 3.63) is 29.8 Å². The van der Waals surface area contributed by atoms with E-state index < -0.39 is 0 Å². The van der Waals surface area contributed by atoms with Crippen molar-refractivity contribution in [1.82, 2.24) is 10.6 Å². The Bertz CT molecular complexity index is 591. The zero-order valence-corrected chi connectivity index (χ0v) is 13.2. The SMILES string of the molecule is O=C(NC1CCOc2ccccc21)NC1C2CCC(C2)C1CO. The van der Waals surface area contributed by atoms with Crippen LogP contribution in [0, 0.1) is 17.8 Å². The number of urea groups is 1. The Morgan fingerprint density at radius 2 is 2.00 bits per heavy atom. The molecule has 124 valence electrons. The summed E-state index contributed by atoms with van der Waals surface area (Å²) in [4.78, 5) is 12.5. The van der Waals surface area contributed by atoms with Gasteiger partial charge in [-0.05, 0) is 37.2 Å². The lowest BCUT2D eigenvalue weighted by molar-refractivity contribution is 0.143. The molecule has 2 aliphatic carbocycles. The van der Waals surface area contributed by atoms with E-state index in [1.54, 1.807) is 0 Å². The predicted molar refractivity (Wildman–Crippen MR) is 86.2 cm³/mol. The fourth-order valence-corrected chi connectivity index (χ4v) is 4.74. The summed E-state index contributed by atoms with van der Waals surface area (Å²) in [6, 6.07) is 7.86. The Hall–Kier alpha value is -1.75. The first kappa shape index (κ1) is 14.8. The van der Waals surface area contributed by atoms with Gasteiger partial charge in [0.05, 0.1) is 12.6 Å². The Kier molecular flexibility index (Phi) is 3.89. The fraction of sp³-hybridized carbons (Fsp3) is 0.611. The van der Waals surface area contributed by atoms with Gasteiger partial charge in [0.1, 0.15) is 5.75 Å². The molecule has 5 heteroatoms. The average Bonchev–Trinajstić information content (AvgIpc) is 3.16. The van der Waals surface area contributed by atoms with Crippen LogP contribution in [0.5, 0.6) is 5.75 Å². The molecule has 2 bridgehead atoms. The summed E-state index contributed by atoms with van der Waals surface area (Å²) in [5.41, 5.74) is 1.04. The van der Waals surface area contributed by atoms with Gasteiger partial charge in [0.15, 0.2) is 0 Å². The zero-order valence-electron chi connectivity index (χ0n) is 13.2. The molecule has 5 nitrogen and oxygen atoms in total. The summed E-state index contributed by atoms with van der Waals surface area (Å²) in [5, 5.41) is 15.9. The molecule has 3 aliphatic rings. The second-order valence-electron chi connectivity index (χ2n) is 7.05. The Morgan fingerprint density at radius 1 is 1.17 bits per heavy atom. The molecule has 23 heavy (non-hydrogen) atoms. The summed E-state index contributed by atoms with van der Waals surface area (Å²) in [6.45, 7) is 0.793. The molecule has 4 rings (SSSR count). The van der Waals surface area contributed by atoms with E-state index in [1.165, 1.54) is 12.8 Å². The molecule has 3 N–H and O–H groups in total. The number of fused-ring (bicyclic) bond motifs is 3. The number of rotatable bonds is 3. The monoisotopic (exact) mass is 316 g/mol. The summed E-state index contributed by atoms with van der Waals surface area (Å²) >= 11 is 0. The van der Waals surface area contributed by atoms with Crippen molar-refractivity contribution in [1.29, 1.82) is 0 Å². The zero-order chi connectivity index (χ0) is 15.8. The fourth-order valence-electron chi connectivity index (χ4n) is 4.74. The predicted octanol–water partition coefficient (Wildman–Crippen LogP) is 2.22. The Labute approximate surface area is 136 Å². The normalized spacial score (nSPS) is 34.6. The number of benzene rings is 1. The van der Waals surface area contributed by atoms with Crippen molar-refractivity contribution in [3.63, 3.8) is 0 Å². The average molecular weight is 316 g/mol. The van der Waals surface area contributed by atoms with Crippen LogP contribution in [-0.4, -0.2) is 30.4 Å². The molecule has 1 heterocycles. The van der Waals surface area contributed by atoms with E-state index in [1.807, 2.05) is 24.3 Å². The van der Waals surface area contributed by atoms with Crippen LogP contribution in [0.15, 0.2) is 24.3 Å². The van der Waals surface area contributed by atoms with Gasteiger partial charge < -0.3 is 20.5 Å². The van der Waals surface area contributed by atoms with Crippen LogP contribution >= 0.6 is 0 Å². The van der Waals surface area contributed by atoms with Crippen molar-refractivity contribution in [3.8, 4) is 5.75 Å². The second kappa shape index (κ2) is 6.04. The van der Waals surface area contributed by atoms with Gasteiger partial charge in [-0.2, -0.15) is 0 Å². The van der Waals surface area contributed by atoms with Crippen molar-refractivity contribution >= 4 is 6.03 Å². The van der Waals surface area contributed by atoms with Gasteiger partial charge in [0.2, 0.25) is 0 Å². The molecule has 1 aromatic carbocycles. The van der Waals surface area contributed by atoms with Crippen molar-refractivity contribution in [2.24, 2.45) is 17.8 Å². The molecule has 0 radical (unpaired) electrons. The van der Waals surface area contributed by atoms with E-state index >= 15 is 0 Å². The number of hydrogen-bond donors (Lipinski definition) is 3. The first-order chi connectivity index (χ1) is 11.3. The van der Waals surface area contributed by atoms with Crippen molar-refractivity contribution < 1.29 is 14.6 Å². The highest BCUT2D eigenvalue weighted by Crippen LogP contribution is 2.48. The van der Waals surface area contributed by atoms with E-state index in [0.717, 1.165) is 24.2 Å². The highest BCUT2D eigenvalue weighted by atomic mass is 16.5. The van der Waals surface area contributed by atoms with Crippen LogP contribution in [0.4, 0.5) is 4.79 Å². The van der Waals surface area contributed by atoms with Crippen LogP contribution in [0.25, 0.3) is 0 Å². The number of nitrogens with one attached hydrogen (secondary N) is 2. The summed E-state index contributed by atoms with van der Waals surface area (Å²) in [6.07, 6.45) is 4.30. The number of ether oxygens (including phenoxy) is 1. The lowest BCUT2D eigenvalue weighted by Gasteiger charge is -2.32. The third-order valence-corrected chi connectivity index (χ3v) is 5.86. The number of aliphatic hydroxyl groups excluding tert-OH is 1. The minimum absolute atomic E-state index is 0.00822. The van der Waals surface area contributed by atoms with E-state index in [-0.39, 0.29) is 30.6 Å². The summed E-state index contributed by atoms with van der Waals surface area (Å²) in [5.74, 6) is 2.20. The second-order valence-corrected chi connectivity index (χ2v) is 7.05. The van der Waals surface area contributed by atoms with Gasteiger partial charge >= 0.3 is 6.03 Å². The number of hydrogen-bond acceptors (Lipinski definition) is 3. The van der Waals surface area contributed by atoms with Gasteiger partial charge in [0, 0.05) is 30.6 Å². The van der Waals surface area contributed by atoms with Crippen LogP contribution in [-0.2, 0) is 0 Å². The molecule has 1 aliphatic heterocycles. The summed E-state index contributed by atoms with van der Waals surface area (Å²) < 4.78 is 5.64. The largest absolute Gasteiger partial charge is 0.493 e. The maximum Gasteiger partial charge on any atom is 0.315 e. The number of carbonyl (C=O) groups is 1. The molecular weight excluding hydrogens is 292 g/mol. The first-order valence-corrected chi connectivity index (χ1v) is 8.66. The van der Waals surface area contributed by atoms with E-state index in [0.29, 0.717) is 18.4 Å². The van der Waals surface area contributed by atoms with Gasteiger partial charge in [-0.25, -0.2) is 4.79 Å². The molecule has 2 amide bonds. The number of para-hydroxylation sites is 1. The topological polar surface area (TPSA) is 70.6 Å². The van der Waals surface area contributed by atoms with Gasteiger partial charge in [0.25, 0.3) is 0 Å². The standard InChI is InChI=1S/C18H24N2O3/c21-10-14-11-5-6-12(9-11)17(14)20-18(22)19-15-7-8-23-16-4-2-1-3-13(15)16/h1-4,11-12,14-15,17,21H,5-10H2,(H2,19,20,22). The molecule has 5 unspecified atom stereocenters. The molecular formula is C18H24N2O3. The third kappa shape index (κ3) is 2.67. The lowest BCUT2D eigenvalue weighted by atomic mass is 9.85. The first-order valence-electron chi connectivity index (χ1n) is 8.66. The molecule has 0 saturated heterocycles. The van der Waals surface area contributed by atoms with Crippen molar-refractivity contribution in [2.75, 3.05) is 13.2 Å². The lowest BCUT2D eigenvalue weighted by Crippen LogP contribution is -2.50. The van der Waals surface area contributed by atoms with Crippen LogP contribution in [0.3, 0.4) is 0 Å². The van der Waals surface area contributed by atoms with Crippen LogP contribution in [0.1, 0.15) is 37.3 Å². The third-order valence-electron chi connectivity index (χ3n) is 5.86. The van der Waals surface area contributed by atoms with E-state index in [2.05, 4.69) is 10.6 Å². The molecule has 1 aromatic rings. The van der Waals surface area contributed by atoms with Crippen LogP contribution < -0.4 is 15.4 Å². The van der Waals surface area contributed by atoms with E-state index in [4.69, 9.17) is 4.74 Å². The van der Waals surface area contributed by atoms with Gasteiger partial charge in [-0.15, -0.1) is 0 Å². The van der Waals surface area contributed by atoms with Crippen molar-refractivity contribution in [2.45, 2.75) is 37.8 Å². The molecule has 5 atom stereocenters. The highest BCUT2D eigenvalue weighted by molar-refractivity contribution is 5.75. The molecule has 2 fully saturated rings.